The number of primary amides is 1. The van der Waals surface area contributed by atoms with E-state index in [4.69, 9.17) is 5.73 Å². The minimum absolute atomic E-state index is 0.239. The first kappa shape index (κ1) is 15.8. The van der Waals surface area contributed by atoms with Gasteiger partial charge in [0.05, 0.1) is 5.54 Å². The molecule has 0 aliphatic rings. The molecular weight excluding hydrogens is 220 g/mol. The molecule has 96 valence electrons. The van der Waals surface area contributed by atoms with Crippen molar-refractivity contribution in [2.75, 3.05) is 12.3 Å². The van der Waals surface area contributed by atoms with Crippen LogP contribution in [0.3, 0.4) is 0 Å². The van der Waals surface area contributed by atoms with Gasteiger partial charge in [0.2, 0.25) is 5.91 Å². The first-order chi connectivity index (χ1) is 7.21. The van der Waals surface area contributed by atoms with Gasteiger partial charge in [-0.25, -0.2) is 0 Å². The van der Waals surface area contributed by atoms with E-state index in [2.05, 4.69) is 33.0 Å². The highest BCUT2D eigenvalue weighted by Gasteiger charge is 2.30. The molecule has 1 atom stereocenters. The van der Waals surface area contributed by atoms with E-state index >= 15 is 0 Å². The molecule has 0 aromatic rings. The minimum Gasteiger partial charge on any atom is -0.368 e. The molecule has 1 amide bonds. The standard InChI is InChI=1S/C12H26N2OS/c1-6-8-14-12(5,10(13)15)7-9-16-11(2,3)4/h14H,6-9H2,1-5H3,(H2,13,15). The minimum atomic E-state index is -0.561. The molecule has 0 aromatic carbocycles. The van der Waals surface area contributed by atoms with Crippen LogP contribution in [-0.4, -0.2) is 28.5 Å². The van der Waals surface area contributed by atoms with Crippen LogP contribution in [0, 0.1) is 0 Å². The van der Waals surface area contributed by atoms with Gasteiger partial charge >= 0.3 is 0 Å². The molecule has 0 aliphatic heterocycles. The third-order valence-electron chi connectivity index (χ3n) is 2.45. The number of carbonyl (C=O) groups is 1. The van der Waals surface area contributed by atoms with Crippen molar-refractivity contribution >= 4 is 17.7 Å². The second-order valence-electron chi connectivity index (χ2n) is 5.33. The molecule has 0 aromatic heterocycles. The summed E-state index contributed by atoms with van der Waals surface area (Å²) in [6.45, 7) is 11.3. The Bertz CT molecular complexity index is 226. The van der Waals surface area contributed by atoms with Gasteiger partial charge in [-0.3, -0.25) is 4.79 Å². The van der Waals surface area contributed by atoms with E-state index in [1.54, 1.807) is 0 Å². The van der Waals surface area contributed by atoms with E-state index in [0.717, 1.165) is 25.1 Å². The molecule has 0 saturated carbocycles. The van der Waals surface area contributed by atoms with Crippen LogP contribution in [0.2, 0.25) is 0 Å². The Morgan fingerprint density at radius 2 is 1.88 bits per heavy atom. The lowest BCUT2D eigenvalue weighted by atomic mass is 9.98. The molecule has 0 bridgehead atoms. The Morgan fingerprint density at radius 3 is 2.25 bits per heavy atom. The lowest BCUT2D eigenvalue weighted by Crippen LogP contribution is -2.53. The molecule has 0 spiro atoms. The first-order valence-electron chi connectivity index (χ1n) is 5.90. The van der Waals surface area contributed by atoms with Gasteiger partial charge in [0.1, 0.15) is 0 Å². The van der Waals surface area contributed by atoms with E-state index in [-0.39, 0.29) is 10.7 Å². The molecule has 3 N–H and O–H groups in total. The maximum Gasteiger partial charge on any atom is 0.237 e. The number of hydrogen-bond donors (Lipinski definition) is 2. The van der Waals surface area contributed by atoms with Gasteiger partial charge < -0.3 is 11.1 Å². The fourth-order valence-electron chi connectivity index (χ4n) is 1.26. The number of nitrogens with two attached hydrogens (primary N) is 1. The molecule has 0 aliphatic carbocycles. The maximum atomic E-state index is 11.4. The molecule has 4 heteroatoms. The number of nitrogens with one attached hydrogen (secondary N) is 1. The number of rotatable bonds is 7. The van der Waals surface area contributed by atoms with Crippen LogP contribution in [-0.2, 0) is 4.79 Å². The zero-order valence-electron chi connectivity index (χ0n) is 11.2. The quantitative estimate of drug-likeness (QED) is 0.724. The summed E-state index contributed by atoms with van der Waals surface area (Å²) in [5.74, 6) is 0.690. The largest absolute Gasteiger partial charge is 0.368 e. The Hall–Kier alpha value is -0.220. The molecule has 16 heavy (non-hydrogen) atoms. The van der Waals surface area contributed by atoms with Crippen LogP contribution in [0.1, 0.15) is 47.5 Å². The number of thioether (sulfide) groups is 1. The number of carbonyl (C=O) groups excluding carboxylic acids is 1. The van der Waals surface area contributed by atoms with Crippen molar-refractivity contribution in [1.29, 1.82) is 0 Å². The highest BCUT2D eigenvalue weighted by molar-refractivity contribution is 8.00. The van der Waals surface area contributed by atoms with Crippen molar-refractivity contribution in [3.63, 3.8) is 0 Å². The topological polar surface area (TPSA) is 55.1 Å². The normalized spacial score (nSPS) is 15.8. The van der Waals surface area contributed by atoms with Crippen LogP contribution in [0.5, 0.6) is 0 Å². The van der Waals surface area contributed by atoms with E-state index < -0.39 is 5.54 Å². The van der Waals surface area contributed by atoms with Crippen LogP contribution in [0.15, 0.2) is 0 Å². The summed E-state index contributed by atoms with van der Waals surface area (Å²) in [5, 5.41) is 3.24. The van der Waals surface area contributed by atoms with E-state index in [0.29, 0.717) is 0 Å². The van der Waals surface area contributed by atoms with Crippen molar-refractivity contribution in [1.82, 2.24) is 5.32 Å². The molecule has 0 saturated heterocycles. The number of hydrogen-bond acceptors (Lipinski definition) is 3. The number of amides is 1. The highest BCUT2D eigenvalue weighted by atomic mass is 32.2. The third kappa shape index (κ3) is 6.38. The predicted molar refractivity (Wildman–Crippen MR) is 72.7 cm³/mol. The van der Waals surface area contributed by atoms with Crippen molar-refractivity contribution in [3.05, 3.63) is 0 Å². The zero-order chi connectivity index (χ0) is 12.8. The van der Waals surface area contributed by atoms with Crippen LogP contribution >= 0.6 is 11.8 Å². The zero-order valence-corrected chi connectivity index (χ0v) is 12.0. The van der Waals surface area contributed by atoms with Gasteiger partial charge in [-0.15, -0.1) is 0 Å². The van der Waals surface area contributed by atoms with E-state index in [1.807, 2.05) is 18.7 Å². The Kier molecular flexibility index (Phi) is 6.41. The molecule has 3 nitrogen and oxygen atoms in total. The second-order valence-corrected chi connectivity index (χ2v) is 7.26. The van der Waals surface area contributed by atoms with Crippen molar-refractivity contribution < 1.29 is 4.79 Å². The summed E-state index contributed by atoms with van der Waals surface area (Å²) >= 11 is 1.86. The monoisotopic (exact) mass is 246 g/mol. The van der Waals surface area contributed by atoms with Gasteiger partial charge in [-0.05, 0) is 32.1 Å². The second kappa shape index (κ2) is 6.50. The molecule has 1 unspecified atom stereocenters. The Labute approximate surface area is 104 Å². The molecule has 0 heterocycles. The van der Waals surface area contributed by atoms with Crippen LogP contribution in [0.25, 0.3) is 0 Å². The summed E-state index contributed by atoms with van der Waals surface area (Å²) in [5.41, 5.74) is 4.89. The third-order valence-corrected chi connectivity index (χ3v) is 3.72. The SMILES string of the molecule is CCCNC(C)(CCSC(C)(C)C)C(N)=O. The van der Waals surface area contributed by atoms with Gasteiger partial charge in [0.15, 0.2) is 0 Å². The maximum absolute atomic E-state index is 11.4. The van der Waals surface area contributed by atoms with E-state index in [1.165, 1.54) is 0 Å². The fourth-order valence-corrected chi connectivity index (χ4v) is 2.38. The molecule has 0 rings (SSSR count). The Balaban J connectivity index is 4.18. The summed E-state index contributed by atoms with van der Waals surface area (Å²) < 4.78 is 0.239. The average Bonchev–Trinajstić information content (AvgIpc) is 2.12. The van der Waals surface area contributed by atoms with Crippen molar-refractivity contribution in [2.45, 2.75) is 57.7 Å². The smallest absolute Gasteiger partial charge is 0.237 e. The van der Waals surface area contributed by atoms with E-state index in [9.17, 15) is 4.79 Å². The summed E-state index contributed by atoms with van der Waals surface area (Å²) in [7, 11) is 0. The van der Waals surface area contributed by atoms with Crippen LogP contribution < -0.4 is 11.1 Å². The van der Waals surface area contributed by atoms with Gasteiger partial charge in [0, 0.05) is 4.75 Å². The molecule has 0 radical (unpaired) electrons. The lowest BCUT2D eigenvalue weighted by molar-refractivity contribution is -0.123. The van der Waals surface area contributed by atoms with Gasteiger partial charge in [-0.2, -0.15) is 11.8 Å². The Morgan fingerprint density at radius 1 is 1.31 bits per heavy atom. The van der Waals surface area contributed by atoms with Crippen LogP contribution in [0.4, 0.5) is 0 Å². The fraction of sp³-hybridized carbons (Fsp3) is 0.917. The summed E-state index contributed by atoms with van der Waals surface area (Å²) in [4.78, 5) is 11.4. The molecular formula is C12H26N2OS. The molecule has 0 fully saturated rings. The summed E-state index contributed by atoms with van der Waals surface area (Å²) in [6.07, 6.45) is 1.79. The van der Waals surface area contributed by atoms with Gasteiger partial charge in [0.25, 0.3) is 0 Å². The summed E-state index contributed by atoms with van der Waals surface area (Å²) in [6, 6.07) is 0. The van der Waals surface area contributed by atoms with Crippen molar-refractivity contribution in [2.24, 2.45) is 5.73 Å². The highest BCUT2D eigenvalue weighted by Crippen LogP contribution is 2.26. The predicted octanol–water partition coefficient (Wildman–Crippen LogP) is 2.15. The lowest BCUT2D eigenvalue weighted by Gasteiger charge is -2.28. The first-order valence-corrected chi connectivity index (χ1v) is 6.89. The van der Waals surface area contributed by atoms with Gasteiger partial charge in [-0.1, -0.05) is 27.7 Å². The average molecular weight is 246 g/mol. The van der Waals surface area contributed by atoms with Crippen molar-refractivity contribution in [3.8, 4) is 0 Å².